The molecule has 2 aliphatic rings. The number of amides is 2. The van der Waals surface area contributed by atoms with Gasteiger partial charge in [0, 0.05) is 11.8 Å². The zero-order valence-electron chi connectivity index (χ0n) is 18.0. The Morgan fingerprint density at radius 2 is 1.90 bits per heavy atom. The Hall–Kier alpha value is -2.27. The quantitative estimate of drug-likeness (QED) is 0.695. The number of fused-ring (bicyclic) bond motifs is 1. The number of benzene rings is 1. The van der Waals surface area contributed by atoms with Gasteiger partial charge in [0.2, 0.25) is 0 Å². The van der Waals surface area contributed by atoms with E-state index in [1.54, 1.807) is 27.9 Å². The Morgan fingerprint density at radius 3 is 2.52 bits per heavy atom. The Kier molecular flexibility index (Phi) is 6.85. The van der Waals surface area contributed by atoms with Crippen LogP contribution < -0.4 is 10.1 Å². The zero-order chi connectivity index (χ0) is 22.8. The highest BCUT2D eigenvalue weighted by Gasteiger charge is 2.48. The molecule has 0 unspecified atom stereocenters. The zero-order valence-corrected chi connectivity index (χ0v) is 19.6. The number of hydrogen-bond acceptors (Lipinski definition) is 7. The number of alkyl carbamates (subject to hydrolysis) is 1. The molecule has 2 amide bonds. The maximum absolute atomic E-state index is 12.4. The number of methoxy groups -OCH3 is 1. The normalized spacial score (nSPS) is 23.5. The van der Waals surface area contributed by atoms with Crippen LogP contribution in [0, 0.1) is 0 Å². The largest absolute Gasteiger partial charge is 0.497 e. The Labute approximate surface area is 186 Å². The lowest BCUT2D eigenvalue weighted by molar-refractivity contribution is -0.117. The van der Waals surface area contributed by atoms with Gasteiger partial charge >= 0.3 is 6.09 Å². The van der Waals surface area contributed by atoms with Crippen LogP contribution >= 0.6 is 11.8 Å². The summed E-state index contributed by atoms with van der Waals surface area (Å²) in [6.07, 6.45) is -0.696. The van der Waals surface area contributed by atoms with E-state index in [2.05, 4.69) is 10.3 Å². The van der Waals surface area contributed by atoms with Gasteiger partial charge in [0.15, 0.2) is 15.0 Å². The van der Waals surface area contributed by atoms with E-state index in [9.17, 15) is 18.0 Å². The lowest BCUT2D eigenvalue weighted by Crippen LogP contribution is -2.38. The molecule has 170 valence electrons. The first-order valence-electron chi connectivity index (χ1n) is 9.81. The molecule has 2 saturated heterocycles. The molecule has 2 heterocycles. The fraction of sp³-hybridized carbons (Fsp3) is 0.550. The summed E-state index contributed by atoms with van der Waals surface area (Å²) in [5, 5.41) is 2.69. The van der Waals surface area contributed by atoms with E-state index in [1.807, 2.05) is 29.2 Å². The number of nitrogens with one attached hydrogen (secondary N) is 1. The van der Waals surface area contributed by atoms with Crippen LogP contribution in [0.25, 0.3) is 0 Å². The van der Waals surface area contributed by atoms with E-state index in [1.165, 1.54) is 11.8 Å². The molecule has 0 aliphatic carbocycles. The number of hydrogen-bond donors (Lipinski definition) is 1. The number of carbonyl (C=O) groups is 2. The molecule has 0 saturated carbocycles. The molecule has 9 nitrogen and oxygen atoms in total. The third kappa shape index (κ3) is 6.36. The van der Waals surface area contributed by atoms with Crippen LogP contribution in [0.5, 0.6) is 5.75 Å². The number of thioether (sulfide) groups is 1. The molecule has 0 aromatic heterocycles. The van der Waals surface area contributed by atoms with Crippen molar-refractivity contribution in [1.82, 2.24) is 10.2 Å². The number of sulfone groups is 1. The smallest absolute Gasteiger partial charge is 0.408 e. The van der Waals surface area contributed by atoms with Crippen molar-refractivity contribution >= 4 is 38.8 Å². The molecule has 2 aliphatic heterocycles. The van der Waals surface area contributed by atoms with E-state index in [0.717, 1.165) is 11.3 Å². The molecule has 11 heteroatoms. The molecule has 0 radical (unpaired) electrons. The standard InChI is InChI=1S/C20H27N3O6S2/c1-20(2,3)29-19(25)21-9-17(24)22-18-23(10-13-5-7-14(28-4)8-6-13)15-11-31(26,27)12-16(15)30-18/h5-8,15-16H,9-12H2,1-4H3,(H,21,25)/t15-,16-/m0/s1. The fourth-order valence-corrected chi connectivity index (χ4v) is 7.32. The molecule has 1 aromatic carbocycles. The van der Waals surface area contributed by atoms with Crippen LogP contribution in [0.4, 0.5) is 4.79 Å². The summed E-state index contributed by atoms with van der Waals surface area (Å²) < 4.78 is 34.5. The second-order valence-electron chi connectivity index (χ2n) is 8.42. The molecule has 0 bridgehead atoms. The van der Waals surface area contributed by atoms with Crippen LogP contribution in [-0.2, 0) is 25.9 Å². The first-order chi connectivity index (χ1) is 14.5. The van der Waals surface area contributed by atoms with Gasteiger partial charge in [-0.15, -0.1) is 0 Å². The summed E-state index contributed by atoms with van der Waals surface area (Å²) in [7, 11) is -1.54. The van der Waals surface area contributed by atoms with Gasteiger partial charge in [-0.2, -0.15) is 4.99 Å². The van der Waals surface area contributed by atoms with Crippen molar-refractivity contribution in [3.05, 3.63) is 29.8 Å². The first kappa shape index (κ1) is 23.4. The van der Waals surface area contributed by atoms with Gasteiger partial charge in [-0.25, -0.2) is 13.2 Å². The SMILES string of the molecule is COc1ccc(CN2C(=NC(=O)CNC(=O)OC(C)(C)C)S[C@H]3CS(=O)(=O)C[C@@H]32)cc1. The maximum Gasteiger partial charge on any atom is 0.408 e. The minimum atomic E-state index is -3.13. The van der Waals surface area contributed by atoms with Crippen LogP contribution in [0.3, 0.4) is 0 Å². The summed E-state index contributed by atoms with van der Waals surface area (Å²) in [5.41, 5.74) is 0.275. The summed E-state index contributed by atoms with van der Waals surface area (Å²) in [4.78, 5) is 30.2. The second-order valence-corrected chi connectivity index (χ2v) is 11.8. The van der Waals surface area contributed by atoms with Crippen LogP contribution in [0.15, 0.2) is 29.3 Å². The predicted octanol–water partition coefficient (Wildman–Crippen LogP) is 1.82. The van der Waals surface area contributed by atoms with E-state index >= 15 is 0 Å². The molecule has 1 N–H and O–H groups in total. The van der Waals surface area contributed by atoms with Crippen LogP contribution in [0.1, 0.15) is 26.3 Å². The minimum absolute atomic E-state index is 0.0319. The average Bonchev–Trinajstić information content (AvgIpc) is 3.11. The number of amidine groups is 1. The summed E-state index contributed by atoms with van der Waals surface area (Å²) in [6, 6.07) is 7.19. The highest BCUT2D eigenvalue weighted by Crippen LogP contribution is 2.39. The second kappa shape index (κ2) is 9.07. The fourth-order valence-electron chi connectivity index (χ4n) is 3.36. The molecular formula is C20H27N3O6S2. The van der Waals surface area contributed by atoms with Crippen molar-refractivity contribution in [3.8, 4) is 5.75 Å². The van der Waals surface area contributed by atoms with Gasteiger partial charge in [-0.1, -0.05) is 23.9 Å². The molecule has 2 fully saturated rings. The summed E-state index contributed by atoms with van der Waals surface area (Å²) in [5.74, 6) is 0.281. The number of rotatable bonds is 5. The van der Waals surface area contributed by atoms with Crippen molar-refractivity contribution in [2.75, 3.05) is 25.2 Å². The van der Waals surface area contributed by atoms with E-state index in [-0.39, 0.29) is 29.3 Å². The lowest BCUT2D eigenvalue weighted by Gasteiger charge is -2.24. The molecule has 2 atom stereocenters. The van der Waals surface area contributed by atoms with Gasteiger partial charge < -0.3 is 19.7 Å². The molecule has 31 heavy (non-hydrogen) atoms. The third-order valence-electron chi connectivity index (χ3n) is 4.69. The van der Waals surface area contributed by atoms with Crippen molar-refractivity contribution in [3.63, 3.8) is 0 Å². The summed E-state index contributed by atoms with van der Waals surface area (Å²) >= 11 is 1.30. The number of ether oxygens (including phenoxy) is 2. The lowest BCUT2D eigenvalue weighted by atomic mass is 10.1. The van der Waals surface area contributed by atoms with Crippen molar-refractivity contribution in [2.24, 2.45) is 4.99 Å². The van der Waals surface area contributed by atoms with Crippen LogP contribution in [0.2, 0.25) is 0 Å². The molecule has 3 rings (SSSR count). The Balaban J connectivity index is 1.72. The van der Waals surface area contributed by atoms with Gasteiger partial charge in [-0.05, 0) is 38.5 Å². The first-order valence-corrected chi connectivity index (χ1v) is 12.5. The van der Waals surface area contributed by atoms with E-state index < -0.39 is 27.4 Å². The maximum atomic E-state index is 12.4. The van der Waals surface area contributed by atoms with Gasteiger partial charge in [-0.3, -0.25) is 4.79 Å². The van der Waals surface area contributed by atoms with Crippen molar-refractivity contribution < 1.29 is 27.5 Å². The average molecular weight is 470 g/mol. The van der Waals surface area contributed by atoms with Gasteiger partial charge in [0.25, 0.3) is 5.91 Å². The number of aliphatic imine (C=N–C) groups is 1. The van der Waals surface area contributed by atoms with E-state index in [0.29, 0.717) is 11.7 Å². The molecular weight excluding hydrogens is 442 g/mol. The molecule has 0 spiro atoms. The van der Waals surface area contributed by atoms with Crippen LogP contribution in [-0.4, -0.2) is 72.5 Å². The van der Waals surface area contributed by atoms with Gasteiger partial charge in [0.1, 0.15) is 17.9 Å². The van der Waals surface area contributed by atoms with Crippen molar-refractivity contribution in [2.45, 2.75) is 44.2 Å². The highest BCUT2D eigenvalue weighted by atomic mass is 32.2. The number of nitrogens with zero attached hydrogens (tertiary/aromatic N) is 2. The topological polar surface area (TPSA) is 114 Å². The monoisotopic (exact) mass is 469 g/mol. The summed E-state index contributed by atoms with van der Waals surface area (Å²) in [6.45, 7) is 5.30. The third-order valence-corrected chi connectivity index (χ3v) is 7.94. The van der Waals surface area contributed by atoms with Gasteiger partial charge in [0.05, 0.1) is 24.7 Å². The Morgan fingerprint density at radius 1 is 1.23 bits per heavy atom. The Bertz CT molecular complexity index is 970. The number of carbonyl (C=O) groups excluding carboxylic acids is 2. The minimum Gasteiger partial charge on any atom is -0.497 e. The van der Waals surface area contributed by atoms with Crippen molar-refractivity contribution in [1.29, 1.82) is 0 Å². The highest BCUT2D eigenvalue weighted by molar-refractivity contribution is 8.15. The molecule has 1 aromatic rings. The van der Waals surface area contributed by atoms with E-state index in [4.69, 9.17) is 9.47 Å². The predicted molar refractivity (Wildman–Crippen MR) is 119 cm³/mol.